The second kappa shape index (κ2) is 6.83. The summed E-state index contributed by atoms with van der Waals surface area (Å²) < 4.78 is 0. The van der Waals surface area contributed by atoms with Crippen LogP contribution in [0.3, 0.4) is 0 Å². The Morgan fingerprint density at radius 2 is 2.00 bits per heavy atom. The molecule has 2 aromatic rings. The molecule has 1 fully saturated rings. The Kier molecular flexibility index (Phi) is 4.60. The van der Waals surface area contributed by atoms with Gasteiger partial charge < -0.3 is 10.2 Å². The third-order valence-corrected chi connectivity index (χ3v) is 4.48. The van der Waals surface area contributed by atoms with Crippen LogP contribution in [0.15, 0.2) is 48.8 Å². The minimum absolute atomic E-state index is 0.0311. The Bertz CT molecular complexity index is 728. The number of hydrogen-bond acceptors (Lipinski definition) is 3. The third kappa shape index (κ3) is 3.45. The van der Waals surface area contributed by atoms with Crippen molar-refractivity contribution in [3.05, 3.63) is 54.4 Å². The summed E-state index contributed by atoms with van der Waals surface area (Å²) in [4.78, 5) is 29.6. The van der Waals surface area contributed by atoms with Crippen molar-refractivity contribution in [2.45, 2.75) is 19.4 Å². The van der Waals surface area contributed by atoms with Crippen LogP contribution >= 0.6 is 0 Å². The number of amides is 2. The molecule has 1 aromatic heterocycles. The standard InChI is InChI=1S/C19H21N3O2/c1-13(21-19(24)17-10-18(23)22(2)12-17)14-5-7-15(8-6-14)16-4-3-9-20-11-16/h3-9,11,13,17H,10,12H2,1-2H3,(H,21,24)/t13-,17+/m0/s1. The molecule has 24 heavy (non-hydrogen) atoms. The zero-order valence-electron chi connectivity index (χ0n) is 13.9. The zero-order valence-corrected chi connectivity index (χ0v) is 13.9. The quantitative estimate of drug-likeness (QED) is 0.940. The molecule has 124 valence electrons. The Balaban J connectivity index is 1.64. The van der Waals surface area contributed by atoms with Gasteiger partial charge in [0.05, 0.1) is 12.0 Å². The van der Waals surface area contributed by atoms with E-state index in [4.69, 9.17) is 0 Å². The summed E-state index contributed by atoms with van der Waals surface area (Å²) in [7, 11) is 1.73. The van der Waals surface area contributed by atoms with E-state index < -0.39 is 0 Å². The maximum atomic E-state index is 12.3. The van der Waals surface area contributed by atoms with E-state index in [2.05, 4.69) is 10.3 Å². The number of rotatable bonds is 4. The average Bonchev–Trinajstić information content (AvgIpc) is 2.95. The predicted molar refractivity (Wildman–Crippen MR) is 92.0 cm³/mol. The van der Waals surface area contributed by atoms with Crippen molar-refractivity contribution in [1.82, 2.24) is 15.2 Å². The lowest BCUT2D eigenvalue weighted by molar-refractivity contribution is -0.128. The molecule has 1 aromatic carbocycles. The summed E-state index contributed by atoms with van der Waals surface area (Å²) in [6, 6.07) is 11.9. The maximum absolute atomic E-state index is 12.3. The smallest absolute Gasteiger partial charge is 0.225 e. The van der Waals surface area contributed by atoms with Crippen molar-refractivity contribution in [3.63, 3.8) is 0 Å². The van der Waals surface area contributed by atoms with E-state index >= 15 is 0 Å². The van der Waals surface area contributed by atoms with Crippen molar-refractivity contribution in [2.75, 3.05) is 13.6 Å². The van der Waals surface area contributed by atoms with E-state index in [1.807, 2.05) is 49.5 Å². The molecule has 2 amide bonds. The number of nitrogens with one attached hydrogen (secondary N) is 1. The van der Waals surface area contributed by atoms with Gasteiger partial charge in [-0.15, -0.1) is 0 Å². The Morgan fingerprint density at radius 3 is 2.58 bits per heavy atom. The minimum atomic E-state index is -0.250. The van der Waals surface area contributed by atoms with E-state index in [-0.39, 0.29) is 23.8 Å². The molecule has 0 aliphatic carbocycles. The van der Waals surface area contributed by atoms with E-state index in [9.17, 15) is 9.59 Å². The van der Waals surface area contributed by atoms with Crippen LogP contribution in [0.4, 0.5) is 0 Å². The van der Waals surface area contributed by atoms with E-state index in [1.165, 1.54) is 0 Å². The van der Waals surface area contributed by atoms with Gasteiger partial charge in [-0.25, -0.2) is 0 Å². The highest BCUT2D eigenvalue weighted by Crippen LogP contribution is 2.22. The molecule has 1 N–H and O–H groups in total. The maximum Gasteiger partial charge on any atom is 0.225 e. The lowest BCUT2D eigenvalue weighted by Crippen LogP contribution is -2.34. The number of likely N-dealkylation sites (tertiary alicyclic amines) is 1. The fourth-order valence-electron chi connectivity index (χ4n) is 2.95. The SMILES string of the molecule is C[C@H](NC(=O)[C@@H]1CC(=O)N(C)C1)c1ccc(-c2cccnc2)cc1. The van der Waals surface area contributed by atoms with Crippen molar-refractivity contribution in [2.24, 2.45) is 5.92 Å². The molecule has 0 radical (unpaired) electrons. The summed E-state index contributed by atoms with van der Waals surface area (Å²) in [6.45, 7) is 2.45. The van der Waals surface area contributed by atoms with Crippen LogP contribution in [0.5, 0.6) is 0 Å². The van der Waals surface area contributed by atoms with E-state index in [0.29, 0.717) is 13.0 Å². The molecule has 0 spiro atoms. The molecule has 2 atom stereocenters. The van der Waals surface area contributed by atoms with Gasteiger partial charge >= 0.3 is 0 Å². The van der Waals surface area contributed by atoms with Crippen LogP contribution < -0.4 is 5.32 Å². The van der Waals surface area contributed by atoms with Crippen LogP contribution in [0, 0.1) is 5.92 Å². The molecule has 2 heterocycles. The fourth-order valence-corrected chi connectivity index (χ4v) is 2.95. The first-order valence-corrected chi connectivity index (χ1v) is 8.09. The van der Waals surface area contributed by atoms with Gasteiger partial charge in [0.1, 0.15) is 0 Å². The number of aromatic nitrogens is 1. The van der Waals surface area contributed by atoms with Gasteiger partial charge in [-0.3, -0.25) is 14.6 Å². The second-order valence-corrected chi connectivity index (χ2v) is 6.27. The lowest BCUT2D eigenvalue weighted by atomic mass is 10.0. The number of benzene rings is 1. The van der Waals surface area contributed by atoms with Gasteiger partial charge in [-0.2, -0.15) is 0 Å². The van der Waals surface area contributed by atoms with Crippen molar-refractivity contribution >= 4 is 11.8 Å². The zero-order chi connectivity index (χ0) is 17.1. The number of carbonyl (C=O) groups is 2. The molecule has 1 aliphatic heterocycles. The van der Waals surface area contributed by atoms with Crippen molar-refractivity contribution in [1.29, 1.82) is 0 Å². The highest BCUT2D eigenvalue weighted by atomic mass is 16.2. The highest BCUT2D eigenvalue weighted by Gasteiger charge is 2.32. The first-order chi connectivity index (χ1) is 11.5. The van der Waals surface area contributed by atoms with Gasteiger partial charge in [-0.05, 0) is 29.7 Å². The van der Waals surface area contributed by atoms with Gasteiger partial charge in [-0.1, -0.05) is 30.3 Å². The molecule has 5 nitrogen and oxygen atoms in total. The van der Waals surface area contributed by atoms with Crippen molar-refractivity contribution < 1.29 is 9.59 Å². The van der Waals surface area contributed by atoms with Gasteiger partial charge in [0.2, 0.25) is 11.8 Å². The second-order valence-electron chi connectivity index (χ2n) is 6.27. The average molecular weight is 323 g/mol. The molecular weight excluding hydrogens is 302 g/mol. The molecule has 1 saturated heterocycles. The van der Waals surface area contributed by atoms with Crippen LogP contribution in [0.2, 0.25) is 0 Å². The Hall–Kier alpha value is -2.69. The van der Waals surface area contributed by atoms with Crippen molar-refractivity contribution in [3.8, 4) is 11.1 Å². The summed E-state index contributed by atoms with van der Waals surface area (Å²) >= 11 is 0. The molecule has 0 saturated carbocycles. The molecule has 0 unspecified atom stereocenters. The van der Waals surface area contributed by atoms with Crippen LogP contribution in [0.25, 0.3) is 11.1 Å². The predicted octanol–water partition coefficient (Wildman–Crippen LogP) is 2.40. The van der Waals surface area contributed by atoms with Crippen LogP contribution in [-0.4, -0.2) is 35.3 Å². The van der Waals surface area contributed by atoms with Gasteiger partial charge in [0, 0.05) is 32.4 Å². The number of hydrogen-bond donors (Lipinski definition) is 1. The number of carbonyl (C=O) groups excluding carboxylic acids is 2. The Labute approximate surface area is 141 Å². The van der Waals surface area contributed by atoms with Gasteiger partial charge in [0.15, 0.2) is 0 Å². The summed E-state index contributed by atoms with van der Waals surface area (Å²) in [5, 5.41) is 3.01. The first-order valence-electron chi connectivity index (χ1n) is 8.09. The number of pyridine rings is 1. The fraction of sp³-hybridized carbons (Fsp3) is 0.316. The molecule has 5 heteroatoms. The third-order valence-electron chi connectivity index (χ3n) is 4.48. The van der Waals surface area contributed by atoms with Crippen LogP contribution in [0.1, 0.15) is 24.9 Å². The highest BCUT2D eigenvalue weighted by molar-refractivity contribution is 5.89. The lowest BCUT2D eigenvalue weighted by Gasteiger charge is -2.17. The van der Waals surface area contributed by atoms with E-state index in [1.54, 1.807) is 18.1 Å². The monoisotopic (exact) mass is 323 g/mol. The summed E-state index contributed by atoms with van der Waals surface area (Å²) in [5.41, 5.74) is 3.19. The normalized spacial score (nSPS) is 18.5. The molecule has 3 rings (SSSR count). The molecular formula is C19H21N3O2. The summed E-state index contributed by atoms with van der Waals surface area (Å²) in [6.07, 6.45) is 3.88. The van der Waals surface area contributed by atoms with Gasteiger partial charge in [0.25, 0.3) is 0 Å². The number of nitrogens with zero attached hydrogens (tertiary/aromatic N) is 2. The Morgan fingerprint density at radius 1 is 1.25 bits per heavy atom. The first kappa shape index (κ1) is 16.2. The molecule has 0 bridgehead atoms. The van der Waals surface area contributed by atoms with E-state index in [0.717, 1.165) is 16.7 Å². The summed E-state index contributed by atoms with van der Waals surface area (Å²) in [5.74, 6) is -0.278. The van der Waals surface area contributed by atoms with Crippen LogP contribution in [-0.2, 0) is 9.59 Å². The minimum Gasteiger partial charge on any atom is -0.349 e. The topological polar surface area (TPSA) is 62.3 Å². The molecule has 1 aliphatic rings. The largest absolute Gasteiger partial charge is 0.349 e.